The van der Waals surface area contributed by atoms with Gasteiger partial charge in [0.1, 0.15) is 0 Å². The molecule has 3 nitrogen and oxygen atoms in total. The van der Waals surface area contributed by atoms with E-state index >= 15 is 0 Å². The Balaban J connectivity index is 2.49. The van der Waals surface area contributed by atoms with Gasteiger partial charge in [-0.25, -0.2) is 0 Å². The third-order valence-corrected chi connectivity index (χ3v) is 1.74. The lowest BCUT2D eigenvalue weighted by Crippen LogP contribution is -2.05. The van der Waals surface area contributed by atoms with Crippen LogP contribution in [-0.2, 0) is 13.0 Å². The predicted molar refractivity (Wildman–Crippen MR) is 51.0 cm³/mol. The van der Waals surface area contributed by atoms with Crippen LogP contribution < -0.4 is 0 Å². The largest absolute Gasteiger partial charge is 0.272 e. The fourth-order valence-corrected chi connectivity index (χ4v) is 1.20. The molecule has 13 heavy (non-hydrogen) atoms. The maximum atomic E-state index is 8.40. The first-order valence-electron chi connectivity index (χ1n) is 4.61. The van der Waals surface area contributed by atoms with Gasteiger partial charge in [0.25, 0.3) is 0 Å². The third kappa shape index (κ3) is 3.29. The van der Waals surface area contributed by atoms with Gasteiger partial charge in [-0.3, -0.25) is 4.68 Å². The van der Waals surface area contributed by atoms with Gasteiger partial charge in [0.2, 0.25) is 0 Å². The Bertz CT molecular complexity index is 293. The topological polar surface area (TPSA) is 41.6 Å². The van der Waals surface area contributed by atoms with Crippen LogP contribution >= 0.6 is 0 Å². The highest BCUT2D eigenvalue weighted by Crippen LogP contribution is 2.02. The average Bonchev–Trinajstić information content (AvgIpc) is 2.48. The SMILES string of the molecule is CC(C)Cn1ccc(CCC#N)n1. The molecule has 0 bridgehead atoms. The number of hydrogen-bond donors (Lipinski definition) is 0. The van der Waals surface area contributed by atoms with E-state index in [9.17, 15) is 0 Å². The summed E-state index contributed by atoms with van der Waals surface area (Å²) in [5.41, 5.74) is 1.02. The lowest BCUT2D eigenvalue weighted by Gasteiger charge is -2.03. The van der Waals surface area contributed by atoms with Gasteiger partial charge in [-0.2, -0.15) is 10.4 Å². The van der Waals surface area contributed by atoms with Crippen molar-refractivity contribution in [3.8, 4) is 6.07 Å². The second-order valence-corrected chi connectivity index (χ2v) is 3.58. The molecule has 1 aromatic heterocycles. The van der Waals surface area contributed by atoms with Crippen LogP contribution in [0.15, 0.2) is 12.3 Å². The molecule has 0 radical (unpaired) electrons. The van der Waals surface area contributed by atoms with Crippen molar-refractivity contribution in [2.45, 2.75) is 33.2 Å². The monoisotopic (exact) mass is 177 g/mol. The first-order valence-corrected chi connectivity index (χ1v) is 4.61. The van der Waals surface area contributed by atoms with Gasteiger partial charge >= 0.3 is 0 Å². The molecular weight excluding hydrogens is 162 g/mol. The van der Waals surface area contributed by atoms with Crippen LogP contribution in [0.4, 0.5) is 0 Å². The maximum Gasteiger partial charge on any atom is 0.0634 e. The first-order chi connectivity index (χ1) is 6.22. The van der Waals surface area contributed by atoms with Gasteiger partial charge < -0.3 is 0 Å². The molecule has 0 spiro atoms. The van der Waals surface area contributed by atoms with Crippen LogP contribution in [0.2, 0.25) is 0 Å². The lowest BCUT2D eigenvalue weighted by atomic mass is 10.2. The van der Waals surface area contributed by atoms with E-state index in [0.29, 0.717) is 12.3 Å². The molecule has 0 saturated carbocycles. The third-order valence-electron chi connectivity index (χ3n) is 1.74. The zero-order chi connectivity index (χ0) is 9.68. The number of nitriles is 1. The van der Waals surface area contributed by atoms with Gasteiger partial charge in [-0.1, -0.05) is 13.8 Å². The van der Waals surface area contributed by atoms with Crippen LogP contribution in [0.1, 0.15) is 26.0 Å². The molecule has 1 heterocycles. The number of aromatic nitrogens is 2. The van der Waals surface area contributed by atoms with Crippen LogP contribution in [0.5, 0.6) is 0 Å². The summed E-state index contributed by atoms with van der Waals surface area (Å²) in [5.74, 6) is 0.615. The average molecular weight is 177 g/mol. The van der Waals surface area contributed by atoms with E-state index in [1.54, 1.807) is 0 Å². The van der Waals surface area contributed by atoms with E-state index in [1.165, 1.54) is 0 Å². The highest BCUT2D eigenvalue weighted by molar-refractivity contribution is 5.00. The Morgan fingerprint density at radius 2 is 2.38 bits per heavy atom. The Morgan fingerprint density at radius 3 is 3.00 bits per heavy atom. The summed E-state index contributed by atoms with van der Waals surface area (Å²) in [5, 5.41) is 12.7. The highest BCUT2D eigenvalue weighted by atomic mass is 15.3. The molecule has 0 aliphatic carbocycles. The van der Waals surface area contributed by atoms with E-state index in [0.717, 1.165) is 18.7 Å². The molecule has 0 atom stereocenters. The summed E-state index contributed by atoms with van der Waals surface area (Å²) in [4.78, 5) is 0. The summed E-state index contributed by atoms with van der Waals surface area (Å²) in [6, 6.07) is 4.10. The molecule has 3 heteroatoms. The number of hydrogen-bond acceptors (Lipinski definition) is 2. The fourth-order valence-electron chi connectivity index (χ4n) is 1.20. The van der Waals surface area contributed by atoms with Crippen LogP contribution in [-0.4, -0.2) is 9.78 Å². The molecule has 0 aliphatic heterocycles. The second kappa shape index (κ2) is 4.66. The Kier molecular flexibility index (Phi) is 3.51. The fraction of sp³-hybridized carbons (Fsp3) is 0.600. The molecule has 0 aliphatic rings. The van der Waals surface area contributed by atoms with Crippen molar-refractivity contribution in [3.05, 3.63) is 18.0 Å². The maximum absolute atomic E-state index is 8.40. The summed E-state index contributed by atoms with van der Waals surface area (Å²) in [6.45, 7) is 5.28. The van der Waals surface area contributed by atoms with Crippen molar-refractivity contribution in [1.82, 2.24) is 9.78 Å². The lowest BCUT2D eigenvalue weighted by molar-refractivity contribution is 0.480. The molecule has 0 fully saturated rings. The van der Waals surface area contributed by atoms with E-state index in [-0.39, 0.29) is 0 Å². The van der Waals surface area contributed by atoms with E-state index in [1.807, 2.05) is 16.9 Å². The Labute approximate surface area is 79.0 Å². The van der Waals surface area contributed by atoms with Crippen molar-refractivity contribution in [2.75, 3.05) is 0 Å². The Hall–Kier alpha value is -1.30. The van der Waals surface area contributed by atoms with Crippen LogP contribution in [0.25, 0.3) is 0 Å². The molecule has 0 amide bonds. The molecule has 1 rings (SSSR count). The van der Waals surface area contributed by atoms with Crippen LogP contribution in [0, 0.1) is 17.2 Å². The smallest absolute Gasteiger partial charge is 0.0634 e. The minimum absolute atomic E-state index is 0.554. The number of nitrogens with zero attached hydrogens (tertiary/aromatic N) is 3. The quantitative estimate of drug-likeness (QED) is 0.705. The molecule has 70 valence electrons. The minimum Gasteiger partial charge on any atom is -0.272 e. The van der Waals surface area contributed by atoms with Crippen molar-refractivity contribution in [1.29, 1.82) is 5.26 Å². The van der Waals surface area contributed by atoms with Crippen LogP contribution in [0.3, 0.4) is 0 Å². The standard InChI is InChI=1S/C10H15N3/c1-9(2)8-13-7-5-10(12-13)4-3-6-11/h5,7,9H,3-4,8H2,1-2H3. The summed E-state index contributed by atoms with van der Waals surface area (Å²) in [7, 11) is 0. The zero-order valence-corrected chi connectivity index (χ0v) is 8.20. The molecule has 0 N–H and O–H groups in total. The van der Waals surface area contributed by atoms with E-state index in [2.05, 4.69) is 25.0 Å². The number of aryl methyl sites for hydroxylation is 1. The molecule has 0 unspecified atom stereocenters. The summed E-state index contributed by atoms with van der Waals surface area (Å²) >= 11 is 0. The van der Waals surface area contributed by atoms with Gasteiger partial charge in [0.15, 0.2) is 0 Å². The van der Waals surface area contributed by atoms with Crippen molar-refractivity contribution in [3.63, 3.8) is 0 Å². The van der Waals surface area contributed by atoms with Crippen molar-refractivity contribution in [2.24, 2.45) is 5.92 Å². The summed E-state index contributed by atoms with van der Waals surface area (Å²) in [6.07, 6.45) is 3.30. The molecule has 0 saturated heterocycles. The molecular formula is C10H15N3. The Morgan fingerprint density at radius 1 is 1.62 bits per heavy atom. The number of rotatable bonds is 4. The molecule has 1 aromatic rings. The molecule has 0 aromatic carbocycles. The van der Waals surface area contributed by atoms with Gasteiger partial charge in [-0.05, 0) is 12.0 Å². The highest BCUT2D eigenvalue weighted by Gasteiger charge is 2.00. The van der Waals surface area contributed by atoms with Gasteiger partial charge in [-0.15, -0.1) is 0 Å². The zero-order valence-electron chi connectivity index (χ0n) is 8.20. The van der Waals surface area contributed by atoms with E-state index in [4.69, 9.17) is 5.26 Å². The van der Waals surface area contributed by atoms with Crippen molar-refractivity contribution >= 4 is 0 Å². The van der Waals surface area contributed by atoms with Crippen molar-refractivity contribution < 1.29 is 0 Å². The van der Waals surface area contributed by atoms with E-state index < -0.39 is 0 Å². The van der Waals surface area contributed by atoms with Gasteiger partial charge in [0, 0.05) is 25.6 Å². The first kappa shape index (κ1) is 9.79. The van der Waals surface area contributed by atoms with Gasteiger partial charge in [0.05, 0.1) is 11.8 Å². The summed E-state index contributed by atoms with van der Waals surface area (Å²) < 4.78 is 1.94. The predicted octanol–water partition coefficient (Wildman–Crippen LogP) is 2.00. The normalized spacial score (nSPS) is 10.3. The second-order valence-electron chi connectivity index (χ2n) is 3.58. The minimum atomic E-state index is 0.554.